The summed E-state index contributed by atoms with van der Waals surface area (Å²) in [6, 6.07) is 6.88. The number of para-hydroxylation sites is 1. The number of benzene rings is 1. The predicted molar refractivity (Wildman–Crippen MR) is 54.8 cm³/mol. The Morgan fingerprint density at radius 2 is 1.80 bits per heavy atom. The van der Waals surface area contributed by atoms with Crippen LogP contribution in [0.3, 0.4) is 0 Å². The monoisotopic (exact) mass is 322 g/mol. The number of nitrogens with zero attached hydrogens (tertiary/aromatic N) is 2. The van der Waals surface area contributed by atoms with Gasteiger partial charge >= 0.3 is 0 Å². The third-order valence-corrected chi connectivity index (χ3v) is 1.83. The molecule has 84 valence electrons. The van der Waals surface area contributed by atoms with Gasteiger partial charge in [-0.05, 0) is 6.07 Å². The molecule has 15 heavy (non-hydrogen) atoms. The van der Waals surface area contributed by atoms with E-state index >= 15 is 0 Å². The van der Waals surface area contributed by atoms with Gasteiger partial charge in [0, 0.05) is 6.07 Å². The minimum absolute atomic E-state index is 0. The van der Waals surface area contributed by atoms with Crippen molar-refractivity contribution in [2.75, 3.05) is 21.1 Å². The predicted octanol–water partition coefficient (Wildman–Crippen LogP) is -1.19. The van der Waals surface area contributed by atoms with Gasteiger partial charge in [-0.3, -0.25) is 10.1 Å². The zero-order valence-corrected chi connectivity index (χ0v) is 11.3. The zero-order valence-electron chi connectivity index (χ0n) is 9.11. The minimum atomic E-state index is -0.328. The lowest BCUT2D eigenvalue weighted by Crippen LogP contribution is -3.00. The summed E-state index contributed by atoms with van der Waals surface area (Å²) in [6.07, 6.45) is 0. The Hall–Kier alpha value is -0.690. The standard InChI is InChI=1S/C10H15N2O2.HI/c1-12(2,3)8-9-6-4-5-7-10(9)11(13)14;/h4-7H,8H2,1-3H3;1H/q+1;/p-1. The number of hydrogen-bond donors (Lipinski definition) is 0. The summed E-state index contributed by atoms with van der Waals surface area (Å²) < 4.78 is 0.685. The van der Waals surface area contributed by atoms with Crippen LogP contribution in [0.1, 0.15) is 5.56 Å². The third kappa shape index (κ3) is 4.57. The molecular formula is C10H15IN2O2. The smallest absolute Gasteiger partial charge is 0.278 e. The summed E-state index contributed by atoms with van der Waals surface area (Å²) in [6.45, 7) is 0.664. The third-order valence-electron chi connectivity index (χ3n) is 1.83. The highest BCUT2D eigenvalue weighted by Gasteiger charge is 2.18. The first-order chi connectivity index (χ1) is 6.40. The highest BCUT2D eigenvalue weighted by Crippen LogP contribution is 2.20. The second-order valence-corrected chi connectivity index (χ2v) is 4.33. The van der Waals surface area contributed by atoms with Gasteiger partial charge in [0.15, 0.2) is 0 Å². The number of nitro benzene ring substituents is 1. The van der Waals surface area contributed by atoms with Crippen molar-refractivity contribution < 1.29 is 33.4 Å². The van der Waals surface area contributed by atoms with Crippen molar-refractivity contribution in [3.05, 3.63) is 39.9 Å². The van der Waals surface area contributed by atoms with Crippen LogP contribution < -0.4 is 24.0 Å². The number of quaternary nitrogens is 1. The molecular weight excluding hydrogens is 307 g/mol. The van der Waals surface area contributed by atoms with Crippen LogP contribution in [0.25, 0.3) is 0 Å². The normalized spacial score (nSPS) is 10.6. The molecule has 0 heterocycles. The average Bonchev–Trinajstić information content (AvgIpc) is 2.01. The summed E-state index contributed by atoms with van der Waals surface area (Å²) in [5.74, 6) is 0. The fourth-order valence-corrected chi connectivity index (χ4v) is 1.33. The molecule has 0 unspecified atom stereocenters. The summed E-state index contributed by atoms with van der Waals surface area (Å²) in [5, 5.41) is 10.7. The molecule has 0 bridgehead atoms. The maximum atomic E-state index is 10.7. The molecule has 0 atom stereocenters. The summed E-state index contributed by atoms with van der Waals surface area (Å²) in [7, 11) is 6.03. The molecule has 0 fully saturated rings. The highest BCUT2D eigenvalue weighted by molar-refractivity contribution is 5.39. The molecule has 0 amide bonds. The van der Waals surface area contributed by atoms with Crippen LogP contribution in [-0.2, 0) is 6.54 Å². The molecule has 0 saturated carbocycles. The Morgan fingerprint density at radius 1 is 1.27 bits per heavy atom. The lowest BCUT2D eigenvalue weighted by Gasteiger charge is -2.23. The largest absolute Gasteiger partial charge is 1.00 e. The van der Waals surface area contributed by atoms with Gasteiger partial charge < -0.3 is 28.5 Å². The molecule has 0 radical (unpaired) electrons. The van der Waals surface area contributed by atoms with Gasteiger partial charge in [-0.25, -0.2) is 0 Å². The van der Waals surface area contributed by atoms with Gasteiger partial charge in [-0.2, -0.15) is 0 Å². The molecule has 1 rings (SSSR count). The van der Waals surface area contributed by atoms with Crippen molar-refractivity contribution in [2.24, 2.45) is 0 Å². The SMILES string of the molecule is C[N+](C)(C)Cc1ccccc1[N+](=O)[O-].[I-]. The first-order valence-corrected chi connectivity index (χ1v) is 4.43. The fraction of sp³-hybridized carbons (Fsp3) is 0.400. The summed E-state index contributed by atoms with van der Waals surface area (Å²) >= 11 is 0. The lowest BCUT2D eigenvalue weighted by molar-refractivity contribution is -0.884. The Kier molecular flexibility index (Phi) is 5.16. The minimum Gasteiger partial charge on any atom is -1.00 e. The second-order valence-electron chi connectivity index (χ2n) is 4.33. The quantitative estimate of drug-likeness (QED) is 0.304. The van der Waals surface area contributed by atoms with Crippen molar-refractivity contribution >= 4 is 5.69 Å². The van der Waals surface area contributed by atoms with E-state index in [-0.39, 0.29) is 34.6 Å². The second kappa shape index (κ2) is 5.41. The van der Waals surface area contributed by atoms with E-state index in [0.29, 0.717) is 11.0 Å². The van der Waals surface area contributed by atoms with Crippen molar-refractivity contribution in [1.82, 2.24) is 0 Å². The Labute approximate surface area is 107 Å². The topological polar surface area (TPSA) is 43.1 Å². The van der Waals surface area contributed by atoms with Crippen molar-refractivity contribution in [3.63, 3.8) is 0 Å². The van der Waals surface area contributed by atoms with Crippen LogP contribution in [0, 0.1) is 10.1 Å². The van der Waals surface area contributed by atoms with Crippen LogP contribution in [0.4, 0.5) is 5.69 Å². The number of rotatable bonds is 3. The van der Waals surface area contributed by atoms with E-state index in [9.17, 15) is 10.1 Å². The van der Waals surface area contributed by atoms with Crippen molar-refractivity contribution in [3.8, 4) is 0 Å². The van der Waals surface area contributed by atoms with E-state index in [0.717, 1.165) is 5.56 Å². The van der Waals surface area contributed by atoms with Crippen molar-refractivity contribution in [2.45, 2.75) is 6.54 Å². The highest BCUT2D eigenvalue weighted by atomic mass is 127. The zero-order chi connectivity index (χ0) is 10.8. The van der Waals surface area contributed by atoms with Gasteiger partial charge in [0.2, 0.25) is 0 Å². The Balaban J connectivity index is 0.00000196. The molecule has 1 aromatic rings. The summed E-state index contributed by atoms with van der Waals surface area (Å²) in [4.78, 5) is 10.4. The Morgan fingerprint density at radius 3 is 2.27 bits per heavy atom. The van der Waals surface area contributed by atoms with E-state index in [1.165, 1.54) is 0 Å². The van der Waals surface area contributed by atoms with Gasteiger partial charge in [-0.1, -0.05) is 12.1 Å². The first kappa shape index (κ1) is 14.3. The van der Waals surface area contributed by atoms with Gasteiger partial charge in [-0.15, -0.1) is 0 Å². The Bertz CT molecular complexity index is 348. The van der Waals surface area contributed by atoms with Crippen molar-refractivity contribution in [1.29, 1.82) is 0 Å². The fourth-order valence-electron chi connectivity index (χ4n) is 1.33. The number of halogens is 1. The number of hydrogen-bond acceptors (Lipinski definition) is 2. The molecule has 0 aliphatic carbocycles. The van der Waals surface area contributed by atoms with Crippen LogP contribution >= 0.6 is 0 Å². The van der Waals surface area contributed by atoms with E-state index in [2.05, 4.69) is 0 Å². The first-order valence-electron chi connectivity index (χ1n) is 4.43. The van der Waals surface area contributed by atoms with Crippen LogP contribution in [0.5, 0.6) is 0 Å². The van der Waals surface area contributed by atoms with Crippen LogP contribution in [-0.4, -0.2) is 30.5 Å². The molecule has 0 N–H and O–H groups in total. The lowest BCUT2D eigenvalue weighted by atomic mass is 10.1. The van der Waals surface area contributed by atoms with E-state index < -0.39 is 0 Å². The van der Waals surface area contributed by atoms with Gasteiger partial charge in [0.05, 0.1) is 31.6 Å². The van der Waals surface area contributed by atoms with E-state index in [4.69, 9.17) is 0 Å². The molecule has 1 aromatic carbocycles. The molecule has 0 saturated heterocycles. The molecule has 0 aliphatic rings. The molecule has 0 aliphatic heterocycles. The van der Waals surface area contributed by atoms with E-state index in [1.54, 1.807) is 12.1 Å². The number of nitro groups is 1. The van der Waals surface area contributed by atoms with E-state index in [1.807, 2.05) is 33.3 Å². The van der Waals surface area contributed by atoms with Crippen LogP contribution in [0.15, 0.2) is 24.3 Å². The maximum Gasteiger partial charge on any atom is 0.278 e. The van der Waals surface area contributed by atoms with Gasteiger partial charge in [0.1, 0.15) is 6.54 Å². The van der Waals surface area contributed by atoms with Crippen LogP contribution in [0.2, 0.25) is 0 Å². The maximum absolute atomic E-state index is 10.7. The average molecular weight is 322 g/mol. The molecule has 0 spiro atoms. The molecule has 5 heteroatoms. The molecule has 0 aromatic heterocycles. The molecule has 4 nitrogen and oxygen atoms in total. The summed E-state index contributed by atoms with van der Waals surface area (Å²) in [5.41, 5.74) is 0.991. The van der Waals surface area contributed by atoms with Gasteiger partial charge in [0.25, 0.3) is 5.69 Å².